The van der Waals surface area contributed by atoms with Gasteiger partial charge in [0.1, 0.15) is 0 Å². The van der Waals surface area contributed by atoms with Gasteiger partial charge in [0.25, 0.3) is 0 Å². The van der Waals surface area contributed by atoms with Crippen LogP contribution in [0.25, 0.3) is 0 Å². The van der Waals surface area contributed by atoms with Crippen molar-refractivity contribution in [1.82, 2.24) is 0 Å². The first-order chi connectivity index (χ1) is 24.4. The molecule has 0 saturated heterocycles. The Labute approximate surface area is 327 Å². The van der Waals surface area contributed by atoms with E-state index in [1.807, 2.05) is 0 Å². The monoisotopic (exact) mass is 726 g/mol. The van der Waals surface area contributed by atoms with Crippen LogP contribution in [0.1, 0.15) is 132 Å². The summed E-state index contributed by atoms with van der Waals surface area (Å²) in [5, 5.41) is 0.686. The Kier molecular flexibility index (Phi) is 10.9. The first-order valence-electron chi connectivity index (χ1n) is 19.2. The third-order valence-electron chi connectivity index (χ3n) is 10.3. The topological polar surface area (TPSA) is 6.48 Å². The van der Waals surface area contributed by atoms with E-state index >= 15 is 0 Å². The van der Waals surface area contributed by atoms with E-state index in [0.717, 1.165) is 34.1 Å². The zero-order valence-corrected chi connectivity index (χ0v) is 35.9. The lowest BCUT2D eigenvalue weighted by Gasteiger charge is -2.34. The molecule has 5 aromatic rings. The molecule has 0 fully saturated rings. The number of hydrogen-bond donors (Lipinski definition) is 0. The molecule has 0 aliphatic carbocycles. The van der Waals surface area contributed by atoms with Gasteiger partial charge in [-0.1, -0.05) is 164 Å². The van der Waals surface area contributed by atoms with E-state index in [2.05, 4.69) is 223 Å². The van der Waals surface area contributed by atoms with Crippen LogP contribution in [0.4, 0.5) is 34.1 Å². The van der Waals surface area contributed by atoms with Crippen molar-refractivity contribution < 1.29 is 0 Å². The molecule has 5 rings (SSSR count). The molecule has 0 atom stereocenters. The minimum atomic E-state index is -0.0430. The van der Waals surface area contributed by atoms with Crippen LogP contribution in [-0.4, -0.2) is 0 Å². The van der Waals surface area contributed by atoms with E-state index in [4.69, 9.17) is 11.6 Å². The van der Waals surface area contributed by atoms with E-state index in [-0.39, 0.29) is 27.1 Å². The quantitative estimate of drug-likeness (QED) is 0.172. The maximum atomic E-state index is 7.79. The summed E-state index contributed by atoms with van der Waals surface area (Å²) >= 11 is 7.79. The molecular weight excluding hydrogens is 664 g/mol. The van der Waals surface area contributed by atoms with Crippen molar-refractivity contribution in [3.05, 3.63) is 142 Å². The van der Waals surface area contributed by atoms with E-state index in [9.17, 15) is 0 Å². The van der Waals surface area contributed by atoms with Gasteiger partial charge in [-0.2, -0.15) is 0 Å². The van der Waals surface area contributed by atoms with Gasteiger partial charge in [0, 0.05) is 22.7 Å². The molecule has 280 valence electrons. The highest BCUT2D eigenvalue weighted by Crippen LogP contribution is 2.48. The molecule has 0 spiro atoms. The van der Waals surface area contributed by atoms with Gasteiger partial charge in [0.2, 0.25) is 0 Å². The van der Waals surface area contributed by atoms with Crippen LogP contribution in [0.5, 0.6) is 0 Å². The molecule has 0 bridgehead atoms. The predicted molar refractivity (Wildman–Crippen MR) is 234 cm³/mol. The number of anilines is 6. The van der Waals surface area contributed by atoms with Gasteiger partial charge >= 0.3 is 0 Å². The Bertz CT molecular complexity index is 1930. The Morgan fingerprint density at radius 1 is 0.321 bits per heavy atom. The second kappa shape index (κ2) is 14.3. The summed E-state index contributed by atoms with van der Waals surface area (Å²) in [7, 11) is 0. The van der Waals surface area contributed by atoms with Crippen molar-refractivity contribution in [3.8, 4) is 0 Å². The van der Waals surface area contributed by atoms with Crippen molar-refractivity contribution in [1.29, 1.82) is 0 Å². The van der Waals surface area contributed by atoms with E-state index in [1.54, 1.807) is 0 Å². The Morgan fingerprint density at radius 2 is 0.585 bits per heavy atom. The average Bonchev–Trinajstić information content (AvgIpc) is 3.05. The third kappa shape index (κ3) is 9.04. The molecule has 0 radical (unpaired) electrons. The Morgan fingerprint density at radius 3 is 0.849 bits per heavy atom. The molecule has 0 saturated carbocycles. The molecule has 0 unspecified atom stereocenters. The highest BCUT2D eigenvalue weighted by molar-refractivity contribution is 6.36. The van der Waals surface area contributed by atoms with Crippen LogP contribution in [-0.2, 0) is 27.1 Å². The summed E-state index contributed by atoms with van der Waals surface area (Å²) in [6.45, 7) is 34.1. The molecule has 3 heteroatoms. The predicted octanol–water partition coefficient (Wildman–Crippen LogP) is 15.8. The van der Waals surface area contributed by atoms with Crippen LogP contribution in [0.3, 0.4) is 0 Å². The minimum absolute atomic E-state index is 0.0397. The number of nitrogens with zero attached hydrogens (tertiary/aromatic N) is 2. The lowest BCUT2D eigenvalue weighted by Crippen LogP contribution is -2.20. The van der Waals surface area contributed by atoms with Crippen LogP contribution in [0.15, 0.2) is 109 Å². The molecule has 0 heterocycles. The summed E-state index contributed by atoms with van der Waals surface area (Å²) < 4.78 is 0. The van der Waals surface area contributed by atoms with Gasteiger partial charge in [-0.3, -0.25) is 0 Å². The molecule has 0 N–H and O–H groups in total. The van der Waals surface area contributed by atoms with Crippen LogP contribution >= 0.6 is 11.6 Å². The van der Waals surface area contributed by atoms with Crippen molar-refractivity contribution >= 4 is 45.7 Å². The number of rotatable bonds is 6. The van der Waals surface area contributed by atoms with Crippen LogP contribution < -0.4 is 9.80 Å². The summed E-state index contributed by atoms with van der Waals surface area (Å²) in [5.74, 6) is 0. The normalized spacial score (nSPS) is 12.9. The number of benzene rings is 5. The summed E-state index contributed by atoms with van der Waals surface area (Å²) in [5.41, 5.74) is 12.7. The van der Waals surface area contributed by atoms with Gasteiger partial charge < -0.3 is 9.80 Å². The highest BCUT2D eigenvalue weighted by Gasteiger charge is 2.27. The smallest absolute Gasteiger partial charge is 0.0887 e. The SMILES string of the molecule is CC(C)(C)c1ccc(N(c2ccc(C(C)(C)C)cc2)c2cccc(N(c3ccc(C(C)(C)C)cc3)c3cc(C(C)(C)C)cc(C(C)(C)C)c3)c2Cl)cc1. The zero-order chi connectivity index (χ0) is 39.3. The maximum absolute atomic E-state index is 7.79. The van der Waals surface area contributed by atoms with Gasteiger partial charge in [-0.05, 0) is 116 Å². The first-order valence-corrected chi connectivity index (χ1v) is 19.6. The van der Waals surface area contributed by atoms with E-state index in [0.29, 0.717) is 5.02 Å². The molecular formula is C50H63ClN2. The Hall–Kier alpha value is -4.01. The Balaban J connectivity index is 1.79. The highest BCUT2D eigenvalue weighted by atomic mass is 35.5. The van der Waals surface area contributed by atoms with Gasteiger partial charge in [0.05, 0.1) is 16.4 Å². The molecule has 0 amide bonds. The fourth-order valence-electron chi connectivity index (χ4n) is 6.65. The molecule has 5 aromatic carbocycles. The molecule has 0 aromatic heterocycles. The fourth-order valence-corrected chi connectivity index (χ4v) is 6.94. The molecule has 2 nitrogen and oxygen atoms in total. The molecule has 0 aliphatic heterocycles. The van der Waals surface area contributed by atoms with E-state index < -0.39 is 0 Å². The second-order valence-corrected chi connectivity index (χ2v) is 20.3. The van der Waals surface area contributed by atoms with Crippen LogP contribution in [0, 0.1) is 0 Å². The fraction of sp³-hybridized carbons (Fsp3) is 0.400. The lowest BCUT2D eigenvalue weighted by molar-refractivity contribution is 0.568. The van der Waals surface area contributed by atoms with Crippen molar-refractivity contribution in [2.75, 3.05) is 9.80 Å². The molecule has 53 heavy (non-hydrogen) atoms. The molecule has 0 aliphatic rings. The van der Waals surface area contributed by atoms with Crippen molar-refractivity contribution in [2.45, 2.75) is 131 Å². The zero-order valence-electron chi connectivity index (χ0n) is 35.2. The average molecular weight is 728 g/mol. The third-order valence-corrected chi connectivity index (χ3v) is 10.7. The summed E-state index contributed by atoms with van der Waals surface area (Å²) in [4.78, 5) is 4.66. The standard InChI is InChI=1S/C50H63ClN2/c1-46(2,3)34-19-25-39(26-20-34)52(40-27-21-35(22-28-40)47(4,5)6)43-17-16-18-44(45(43)51)53(41-29-23-36(24-30-41)48(7,8)9)42-32-37(49(10,11)12)31-38(33-42)50(13,14)15/h16-33H,1-15H3. The number of hydrogen-bond acceptors (Lipinski definition) is 2. The van der Waals surface area contributed by atoms with Crippen molar-refractivity contribution in [2.24, 2.45) is 0 Å². The van der Waals surface area contributed by atoms with Gasteiger partial charge in [-0.15, -0.1) is 0 Å². The second-order valence-electron chi connectivity index (χ2n) is 19.9. The van der Waals surface area contributed by atoms with Gasteiger partial charge in [-0.25, -0.2) is 0 Å². The number of halogens is 1. The lowest BCUT2D eigenvalue weighted by atomic mass is 9.80. The summed E-state index contributed by atoms with van der Waals surface area (Å²) in [6, 6.07) is 40.5. The summed E-state index contributed by atoms with van der Waals surface area (Å²) in [6.07, 6.45) is 0. The largest absolute Gasteiger partial charge is 0.309 e. The van der Waals surface area contributed by atoms with E-state index in [1.165, 1.54) is 27.8 Å². The van der Waals surface area contributed by atoms with Gasteiger partial charge in [0.15, 0.2) is 0 Å². The minimum Gasteiger partial charge on any atom is -0.309 e. The maximum Gasteiger partial charge on any atom is 0.0887 e. The first kappa shape index (κ1) is 40.2. The van der Waals surface area contributed by atoms with Crippen LogP contribution in [0.2, 0.25) is 5.02 Å². The van der Waals surface area contributed by atoms with Crippen molar-refractivity contribution in [3.63, 3.8) is 0 Å².